The zero-order valence-corrected chi connectivity index (χ0v) is 11.1. The number of amides is 1. The monoisotopic (exact) mass is 277 g/mol. The molecule has 1 N–H and O–H groups in total. The number of rotatable bonds is 5. The standard InChI is InChI=1S/C11H20BrNO2/c1-11(2,5-6-12)13-10(14)8-9-4-3-7-15-9/h9H,3-8H2,1-2H3,(H,13,14). The van der Waals surface area contributed by atoms with Crippen LogP contribution in [0.15, 0.2) is 0 Å². The summed E-state index contributed by atoms with van der Waals surface area (Å²) in [7, 11) is 0. The summed E-state index contributed by atoms with van der Waals surface area (Å²) in [5.41, 5.74) is -0.126. The first-order valence-corrected chi connectivity index (χ1v) is 6.64. The second-order valence-corrected chi connectivity index (χ2v) is 5.50. The summed E-state index contributed by atoms with van der Waals surface area (Å²) in [6.45, 7) is 4.89. The summed E-state index contributed by atoms with van der Waals surface area (Å²) in [5.74, 6) is 0.104. The zero-order valence-electron chi connectivity index (χ0n) is 9.51. The Kier molecular flexibility index (Phi) is 5.06. The predicted octanol–water partition coefficient (Wildman–Crippen LogP) is 2.24. The van der Waals surface area contributed by atoms with Gasteiger partial charge in [-0.15, -0.1) is 0 Å². The van der Waals surface area contributed by atoms with E-state index in [4.69, 9.17) is 4.74 Å². The second kappa shape index (κ2) is 5.85. The lowest BCUT2D eigenvalue weighted by Crippen LogP contribution is -2.44. The summed E-state index contributed by atoms with van der Waals surface area (Å²) in [5, 5.41) is 3.94. The summed E-state index contributed by atoms with van der Waals surface area (Å²) >= 11 is 3.39. The van der Waals surface area contributed by atoms with Gasteiger partial charge in [-0.1, -0.05) is 15.9 Å². The van der Waals surface area contributed by atoms with Crippen LogP contribution in [0, 0.1) is 0 Å². The topological polar surface area (TPSA) is 38.3 Å². The highest BCUT2D eigenvalue weighted by molar-refractivity contribution is 9.09. The van der Waals surface area contributed by atoms with Gasteiger partial charge in [0.05, 0.1) is 12.5 Å². The van der Waals surface area contributed by atoms with E-state index >= 15 is 0 Å². The lowest BCUT2D eigenvalue weighted by molar-refractivity contribution is -0.124. The molecule has 0 aliphatic carbocycles. The molecule has 1 rings (SSSR count). The normalized spacial score (nSPS) is 21.7. The molecule has 1 saturated heterocycles. The van der Waals surface area contributed by atoms with Crippen molar-refractivity contribution in [3.63, 3.8) is 0 Å². The molecule has 15 heavy (non-hydrogen) atoms. The van der Waals surface area contributed by atoms with Gasteiger partial charge in [0.1, 0.15) is 0 Å². The minimum absolute atomic E-state index is 0.104. The highest BCUT2D eigenvalue weighted by Crippen LogP contribution is 2.16. The maximum absolute atomic E-state index is 11.7. The highest BCUT2D eigenvalue weighted by Gasteiger charge is 2.23. The van der Waals surface area contributed by atoms with Crippen molar-refractivity contribution in [1.82, 2.24) is 5.32 Å². The van der Waals surface area contributed by atoms with Crippen LogP contribution in [0.2, 0.25) is 0 Å². The van der Waals surface area contributed by atoms with Crippen LogP contribution in [0.4, 0.5) is 0 Å². The van der Waals surface area contributed by atoms with E-state index in [-0.39, 0.29) is 17.6 Å². The van der Waals surface area contributed by atoms with Crippen molar-refractivity contribution in [2.45, 2.75) is 51.2 Å². The molecule has 3 nitrogen and oxygen atoms in total. The van der Waals surface area contributed by atoms with Crippen molar-refractivity contribution in [1.29, 1.82) is 0 Å². The van der Waals surface area contributed by atoms with Gasteiger partial charge in [0.15, 0.2) is 0 Å². The Morgan fingerprint density at radius 2 is 2.33 bits per heavy atom. The molecule has 0 aromatic rings. The fourth-order valence-electron chi connectivity index (χ4n) is 1.74. The van der Waals surface area contributed by atoms with Crippen molar-refractivity contribution in [3.8, 4) is 0 Å². The molecule has 1 aliphatic rings. The predicted molar refractivity (Wildman–Crippen MR) is 64.2 cm³/mol. The zero-order chi connectivity index (χ0) is 11.3. The van der Waals surface area contributed by atoms with E-state index in [9.17, 15) is 4.79 Å². The fraction of sp³-hybridized carbons (Fsp3) is 0.909. The van der Waals surface area contributed by atoms with E-state index in [1.165, 1.54) is 0 Å². The van der Waals surface area contributed by atoms with Crippen LogP contribution in [-0.2, 0) is 9.53 Å². The van der Waals surface area contributed by atoms with E-state index in [2.05, 4.69) is 21.2 Å². The molecule has 1 aliphatic heterocycles. The van der Waals surface area contributed by atoms with Gasteiger partial charge in [-0.3, -0.25) is 4.79 Å². The van der Waals surface area contributed by atoms with Crippen molar-refractivity contribution in [2.75, 3.05) is 11.9 Å². The van der Waals surface area contributed by atoms with Crippen LogP contribution >= 0.6 is 15.9 Å². The first-order chi connectivity index (χ1) is 7.03. The van der Waals surface area contributed by atoms with E-state index in [0.717, 1.165) is 31.2 Å². The molecule has 4 heteroatoms. The molecular weight excluding hydrogens is 258 g/mol. The van der Waals surface area contributed by atoms with Gasteiger partial charge in [0.25, 0.3) is 0 Å². The van der Waals surface area contributed by atoms with Crippen molar-refractivity contribution in [2.24, 2.45) is 0 Å². The number of carbonyl (C=O) groups excluding carboxylic acids is 1. The Morgan fingerprint density at radius 1 is 1.60 bits per heavy atom. The number of carbonyl (C=O) groups is 1. The first kappa shape index (κ1) is 13.0. The van der Waals surface area contributed by atoms with Gasteiger partial charge in [-0.2, -0.15) is 0 Å². The lowest BCUT2D eigenvalue weighted by Gasteiger charge is -2.26. The third-order valence-corrected chi connectivity index (χ3v) is 3.03. The van der Waals surface area contributed by atoms with Gasteiger partial charge in [0, 0.05) is 17.5 Å². The molecular formula is C11H20BrNO2. The number of alkyl halides is 1. The third kappa shape index (κ3) is 4.98. The van der Waals surface area contributed by atoms with Gasteiger partial charge >= 0.3 is 0 Å². The van der Waals surface area contributed by atoms with Crippen molar-refractivity contribution >= 4 is 21.8 Å². The highest BCUT2D eigenvalue weighted by atomic mass is 79.9. The van der Waals surface area contributed by atoms with Gasteiger partial charge in [0.2, 0.25) is 5.91 Å². The molecule has 1 amide bonds. The molecule has 1 heterocycles. The number of hydrogen-bond acceptors (Lipinski definition) is 2. The van der Waals surface area contributed by atoms with Crippen LogP contribution in [0.3, 0.4) is 0 Å². The Bertz CT molecular complexity index is 213. The number of halogens is 1. The maximum atomic E-state index is 11.7. The number of ether oxygens (including phenoxy) is 1. The summed E-state index contributed by atoms with van der Waals surface area (Å²) in [6.07, 6.45) is 3.69. The van der Waals surface area contributed by atoms with Gasteiger partial charge < -0.3 is 10.1 Å². The molecule has 0 saturated carbocycles. The number of hydrogen-bond donors (Lipinski definition) is 1. The Morgan fingerprint density at radius 3 is 2.87 bits per heavy atom. The minimum atomic E-state index is -0.126. The summed E-state index contributed by atoms with van der Waals surface area (Å²) in [4.78, 5) is 11.7. The Hall–Kier alpha value is -0.0900. The average molecular weight is 278 g/mol. The van der Waals surface area contributed by atoms with Gasteiger partial charge in [-0.05, 0) is 33.1 Å². The van der Waals surface area contributed by atoms with Crippen LogP contribution in [0.5, 0.6) is 0 Å². The summed E-state index contributed by atoms with van der Waals surface area (Å²) < 4.78 is 5.43. The van der Waals surface area contributed by atoms with Crippen LogP contribution in [0.1, 0.15) is 39.5 Å². The molecule has 0 spiro atoms. The molecule has 1 fully saturated rings. The largest absolute Gasteiger partial charge is 0.378 e. The Labute approximate surface area is 100 Å². The van der Waals surface area contributed by atoms with Crippen LogP contribution in [0.25, 0.3) is 0 Å². The maximum Gasteiger partial charge on any atom is 0.223 e. The van der Waals surface area contributed by atoms with E-state index in [1.54, 1.807) is 0 Å². The lowest BCUT2D eigenvalue weighted by atomic mass is 10.0. The fourth-order valence-corrected chi connectivity index (χ4v) is 2.73. The van der Waals surface area contributed by atoms with Crippen LogP contribution < -0.4 is 5.32 Å². The molecule has 1 atom stereocenters. The molecule has 0 aromatic heterocycles. The number of nitrogens with one attached hydrogen (secondary N) is 1. The quantitative estimate of drug-likeness (QED) is 0.783. The molecule has 0 aromatic carbocycles. The molecule has 88 valence electrons. The van der Waals surface area contributed by atoms with E-state index in [0.29, 0.717) is 6.42 Å². The Balaban J connectivity index is 2.27. The van der Waals surface area contributed by atoms with Crippen molar-refractivity contribution < 1.29 is 9.53 Å². The van der Waals surface area contributed by atoms with Crippen LogP contribution in [-0.4, -0.2) is 29.5 Å². The summed E-state index contributed by atoms with van der Waals surface area (Å²) in [6, 6.07) is 0. The van der Waals surface area contributed by atoms with Gasteiger partial charge in [-0.25, -0.2) is 0 Å². The third-order valence-electron chi connectivity index (χ3n) is 2.63. The van der Waals surface area contributed by atoms with E-state index in [1.807, 2.05) is 13.8 Å². The average Bonchev–Trinajstić information content (AvgIpc) is 2.54. The molecule has 0 radical (unpaired) electrons. The SMILES string of the molecule is CC(C)(CCBr)NC(=O)CC1CCCO1. The minimum Gasteiger partial charge on any atom is -0.378 e. The first-order valence-electron chi connectivity index (χ1n) is 5.52. The molecule has 1 unspecified atom stereocenters. The van der Waals surface area contributed by atoms with Crippen molar-refractivity contribution in [3.05, 3.63) is 0 Å². The smallest absolute Gasteiger partial charge is 0.223 e. The second-order valence-electron chi connectivity index (χ2n) is 4.71. The van der Waals surface area contributed by atoms with E-state index < -0.39 is 0 Å². The molecule has 0 bridgehead atoms.